The van der Waals surface area contributed by atoms with E-state index in [0.29, 0.717) is 36.5 Å². The molecule has 2 aliphatic carbocycles. The Morgan fingerprint density at radius 1 is 0.969 bits per heavy atom. The fourth-order valence-corrected chi connectivity index (χ4v) is 10.00. The largest absolute Gasteiger partial charge is 0.487 e. The molecule has 1 saturated carbocycles. The van der Waals surface area contributed by atoms with E-state index in [0.717, 1.165) is 64.5 Å². The minimum atomic E-state index is -1.46. The molecular weight excluding hydrogens is 819 g/mol. The molecule has 11 heteroatoms. The van der Waals surface area contributed by atoms with Gasteiger partial charge in [-0.25, -0.2) is 4.79 Å². The minimum Gasteiger partial charge on any atom is -0.487 e. The number of aromatic nitrogens is 1. The van der Waals surface area contributed by atoms with Crippen LogP contribution in [-0.2, 0) is 27.5 Å². The number of carbonyl (C=O) groups is 1. The molecule has 6 unspecified atom stereocenters. The van der Waals surface area contributed by atoms with Crippen LogP contribution >= 0.6 is 0 Å². The molecule has 2 heterocycles. The molecule has 1 fully saturated rings. The highest BCUT2D eigenvalue weighted by Crippen LogP contribution is 2.62. The van der Waals surface area contributed by atoms with E-state index in [9.17, 15) is 15.0 Å². The first-order valence-electron chi connectivity index (χ1n) is 23.3. The molecule has 3 aromatic carbocycles. The lowest BCUT2D eigenvalue weighted by atomic mass is 9.55. The molecule has 1 aromatic heterocycles. The maximum atomic E-state index is 14.9. The zero-order valence-electron chi connectivity index (χ0n) is 38.6. The van der Waals surface area contributed by atoms with Gasteiger partial charge in [0, 0.05) is 36.8 Å². The van der Waals surface area contributed by atoms with Gasteiger partial charge in [-0.2, -0.15) is 0 Å². The van der Waals surface area contributed by atoms with Gasteiger partial charge in [0.1, 0.15) is 29.7 Å². The Morgan fingerprint density at radius 3 is 2.49 bits per heavy atom. The van der Waals surface area contributed by atoms with Crippen LogP contribution in [0.4, 0.5) is 4.79 Å². The van der Waals surface area contributed by atoms with Crippen LogP contribution in [0.1, 0.15) is 101 Å². The first-order valence-corrected chi connectivity index (χ1v) is 23.3. The standard InChI is InChI=1S/C54H67N3O8/c1-7-9-31-61-52(60)57(35-40-22-17-21-38-19-10-11-24-43(38)40)49-34-47(56-65-53(4,5)6)45-32-39(20-12-14-28-58)44(25-13-15-29-59)50-46-33-42(62-36-41-23-16-18-37(3)55-41)26-27-48(46)64-54(49,51(45)50)63-30-8-2/h7-8,10-11,16-19,21-24,26-27,32-33,39,44,49-51,58-59H,1-2,9,12-15,20,25,28-31,34-36H2,3-6H3. The quantitative estimate of drug-likeness (QED) is 0.0477. The van der Waals surface area contributed by atoms with E-state index in [-0.39, 0.29) is 63.8 Å². The van der Waals surface area contributed by atoms with Crippen LogP contribution in [0, 0.1) is 24.7 Å². The number of hydrogen-bond donors (Lipinski definition) is 2. The second-order valence-electron chi connectivity index (χ2n) is 18.5. The lowest BCUT2D eigenvalue weighted by molar-refractivity contribution is -0.256. The number of rotatable bonds is 21. The van der Waals surface area contributed by atoms with Crippen molar-refractivity contribution in [2.45, 2.75) is 116 Å². The minimum absolute atomic E-state index is 0.0478. The van der Waals surface area contributed by atoms with Crippen LogP contribution in [0.2, 0.25) is 0 Å². The molecule has 1 aliphatic heterocycles. The van der Waals surface area contributed by atoms with Crippen molar-refractivity contribution in [1.82, 2.24) is 9.88 Å². The number of pyridine rings is 1. The number of carbonyl (C=O) groups excluding carboxylic acids is 1. The number of allylic oxidation sites excluding steroid dienone is 1. The number of aliphatic hydroxyl groups excluding tert-OH is 2. The third kappa shape index (κ3) is 11.0. The number of aliphatic hydroxyl groups is 2. The molecular formula is C54H67N3O8. The smallest absolute Gasteiger partial charge is 0.410 e. The SMILES string of the molecule is C=CCCOC(=O)N(Cc1cccc2ccccc12)C1CC(=NOC(C)(C)C)C2=CC(CCCCO)C(CCCCO)C3c4cc(OCc5cccc(C)n5)ccc4OC1(OCC=C)C23. The second kappa shape index (κ2) is 21.7. The summed E-state index contributed by atoms with van der Waals surface area (Å²) in [6.45, 7) is 16.8. The third-order valence-electron chi connectivity index (χ3n) is 12.8. The average Bonchev–Trinajstić information content (AvgIpc) is 3.29. The summed E-state index contributed by atoms with van der Waals surface area (Å²) in [7, 11) is 0. The summed E-state index contributed by atoms with van der Waals surface area (Å²) >= 11 is 0. The molecule has 3 aliphatic rings. The fourth-order valence-electron chi connectivity index (χ4n) is 10.00. The van der Waals surface area contributed by atoms with Crippen LogP contribution in [0.15, 0.2) is 121 Å². The second-order valence-corrected chi connectivity index (χ2v) is 18.5. The molecule has 1 amide bonds. The van der Waals surface area contributed by atoms with Crippen LogP contribution in [0.5, 0.6) is 11.5 Å². The first kappa shape index (κ1) is 47.5. The predicted molar refractivity (Wildman–Crippen MR) is 255 cm³/mol. The van der Waals surface area contributed by atoms with E-state index in [4.69, 9.17) is 28.9 Å². The number of fused-ring (bicyclic) bond motifs is 3. The fraction of sp³-hybridized carbons (Fsp3) is 0.463. The summed E-state index contributed by atoms with van der Waals surface area (Å²) in [6.07, 6.45) is 10.6. The number of amides is 1. The molecule has 2 N–H and O–H groups in total. The summed E-state index contributed by atoms with van der Waals surface area (Å²) in [5.41, 5.74) is 4.72. The van der Waals surface area contributed by atoms with Gasteiger partial charge < -0.3 is 34.0 Å². The number of ether oxygens (including phenoxy) is 4. The number of unbranched alkanes of at least 4 members (excludes halogenated alkanes) is 2. The lowest BCUT2D eigenvalue weighted by Crippen LogP contribution is -2.70. The number of nitrogens with zero attached hydrogens (tertiary/aromatic N) is 3. The number of hydrogen-bond acceptors (Lipinski definition) is 10. The van der Waals surface area contributed by atoms with Crippen LogP contribution < -0.4 is 9.47 Å². The summed E-state index contributed by atoms with van der Waals surface area (Å²) in [4.78, 5) is 27.7. The van der Waals surface area contributed by atoms with E-state index in [2.05, 4.69) is 54.5 Å². The highest BCUT2D eigenvalue weighted by atomic mass is 16.7. The first-order chi connectivity index (χ1) is 31.5. The normalized spacial score (nSPS) is 22.8. The van der Waals surface area contributed by atoms with Gasteiger partial charge in [0.25, 0.3) is 0 Å². The zero-order chi connectivity index (χ0) is 46.0. The number of benzene rings is 3. The summed E-state index contributed by atoms with van der Waals surface area (Å²) in [6, 6.07) is 25.4. The van der Waals surface area contributed by atoms with Crippen molar-refractivity contribution in [3.05, 3.63) is 138 Å². The molecule has 0 radical (unpaired) electrons. The predicted octanol–water partition coefficient (Wildman–Crippen LogP) is 10.8. The third-order valence-corrected chi connectivity index (χ3v) is 12.8. The number of aryl methyl sites for hydroxylation is 1. The van der Waals surface area contributed by atoms with Gasteiger partial charge in [-0.15, -0.1) is 13.2 Å². The van der Waals surface area contributed by atoms with Gasteiger partial charge in [-0.05, 0) is 124 Å². The zero-order valence-corrected chi connectivity index (χ0v) is 38.6. The van der Waals surface area contributed by atoms with Gasteiger partial charge in [-0.1, -0.05) is 84.8 Å². The summed E-state index contributed by atoms with van der Waals surface area (Å²) in [5.74, 6) is -0.730. The summed E-state index contributed by atoms with van der Waals surface area (Å²) < 4.78 is 27.3. The van der Waals surface area contributed by atoms with Gasteiger partial charge in [0.15, 0.2) is 0 Å². The van der Waals surface area contributed by atoms with E-state index in [1.54, 1.807) is 17.1 Å². The molecule has 0 bridgehead atoms. The van der Waals surface area contributed by atoms with Crippen LogP contribution in [0.25, 0.3) is 10.8 Å². The highest BCUT2D eigenvalue weighted by molar-refractivity contribution is 6.03. The van der Waals surface area contributed by atoms with Crippen molar-refractivity contribution >= 4 is 22.6 Å². The topological polar surface area (TPSA) is 132 Å². The van der Waals surface area contributed by atoms with Crippen molar-refractivity contribution < 1.29 is 38.8 Å². The van der Waals surface area contributed by atoms with Crippen LogP contribution in [0.3, 0.4) is 0 Å². The molecule has 65 heavy (non-hydrogen) atoms. The molecule has 4 aromatic rings. The Morgan fingerprint density at radius 2 is 1.74 bits per heavy atom. The van der Waals surface area contributed by atoms with Gasteiger partial charge in [0.2, 0.25) is 5.79 Å². The average molecular weight is 886 g/mol. The van der Waals surface area contributed by atoms with Crippen LogP contribution in [-0.4, -0.2) is 75.8 Å². The van der Waals surface area contributed by atoms with E-state index >= 15 is 0 Å². The van der Waals surface area contributed by atoms with Crippen molar-refractivity contribution in [3.63, 3.8) is 0 Å². The van der Waals surface area contributed by atoms with Gasteiger partial charge >= 0.3 is 6.09 Å². The van der Waals surface area contributed by atoms with Gasteiger partial charge in [-0.3, -0.25) is 9.88 Å². The van der Waals surface area contributed by atoms with E-state index in [1.165, 1.54) is 0 Å². The maximum absolute atomic E-state index is 14.9. The Bertz CT molecular complexity index is 2330. The van der Waals surface area contributed by atoms with Crippen molar-refractivity contribution in [3.8, 4) is 11.5 Å². The molecule has 346 valence electrons. The van der Waals surface area contributed by atoms with Crippen molar-refractivity contribution in [1.29, 1.82) is 0 Å². The molecule has 0 spiro atoms. The summed E-state index contributed by atoms with van der Waals surface area (Å²) in [5, 5.41) is 27.1. The molecule has 6 atom stereocenters. The maximum Gasteiger partial charge on any atom is 0.410 e. The Balaban J connectivity index is 1.46. The monoisotopic (exact) mass is 885 g/mol. The van der Waals surface area contributed by atoms with E-state index < -0.39 is 29.4 Å². The van der Waals surface area contributed by atoms with Crippen molar-refractivity contribution in [2.75, 3.05) is 26.4 Å². The van der Waals surface area contributed by atoms with Crippen molar-refractivity contribution in [2.24, 2.45) is 22.9 Å². The van der Waals surface area contributed by atoms with Gasteiger partial charge in [0.05, 0.1) is 37.1 Å². The Hall–Kier alpha value is -5.49. The number of oxime groups is 1. The lowest BCUT2D eigenvalue weighted by Gasteiger charge is -2.60. The highest BCUT2D eigenvalue weighted by Gasteiger charge is 2.65. The molecule has 0 saturated heterocycles. The Kier molecular flexibility index (Phi) is 15.8. The van der Waals surface area contributed by atoms with E-state index in [1.807, 2.05) is 76.2 Å². The molecule has 11 nitrogen and oxygen atoms in total. The Labute approximate surface area is 384 Å². The molecule has 7 rings (SSSR count).